The van der Waals surface area contributed by atoms with Crippen molar-refractivity contribution in [1.82, 2.24) is 5.32 Å². The summed E-state index contributed by atoms with van der Waals surface area (Å²) in [6.07, 6.45) is 0. The summed E-state index contributed by atoms with van der Waals surface area (Å²) in [5, 5.41) is 3.05. The molecule has 0 saturated heterocycles. The molecule has 0 aliphatic rings. The zero-order valence-electron chi connectivity index (χ0n) is 8.89. The topological polar surface area (TPSA) is 12.0 Å². The van der Waals surface area contributed by atoms with Crippen LogP contribution < -0.4 is 5.32 Å². The molecule has 0 aliphatic heterocycles. The summed E-state index contributed by atoms with van der Waals surface area (Å²) in [5.74, 6) is 0.768. The first-order valence-electron chi connectivity index (χ1n) is 4.88. The van der Waals surface area contributed by atoms with Crippen LogP contribution in [0.25, 0.3) is 0 Å². The summed E-state index contributed by atoms with van der Waals surface area (Å²) in [4.78, 5) is 0. The van der Waals surface area contributed by atoms with Crippen LogP contribution in [0.1, 0.15) is 18.5 Å². The Balaban J connectivity index is 2.81. The van der Waals surface area contributed by atoms with Crippen molar-refractivity contribution < 1.29 is 8.78 Å². The molecule has 1 aromatic rings. The Morgan fingerprint density at radius 3 is 2.33 bits per heavy atom. The minimum absolute atomic E-state index is 0.000139. The van der Waals surface area contributed by atoms with Gasteiger partial charge < -0.3 is 5.32 Å². The Morgan fingerprint density at radius 1 is 1.27 bits per heavy atom. The molecule has 0 aromatic heterocycles. The zero-order chi connectivity index (χ0) is 11.3. The lowest BCUT2D eigenvalue weighted by molar-refractivity contribution is 0.568. The normalized spacial score (nSPS) is 12.8. The van der Waals surface area contributed by atoms with Crippen molar-refractivity contribution in [3.63, 3.8) is 0 Å². The largest absolute Gasteiger partial charge is 0.312 e. The molecular weight excluding hydrogens is 216 g/mol. The Labute approximate surface area is 93.3 Å². The molecule has 0 heterocycles. The molecule has 84 valence electrons. The quantitative estimate of drug-likeness (QED) is 0.836. The van der Waals surface area contributed by atoms with E-state index in [0.717, 1.165) is 17.6 Å². The molecule has 1 rings (SSSR count). The number of halogens is 2. The molecule has 0 radical (unpaired) electrons. The molecule has 1 aromatic carbocycles. The summed E-state index contributed by atoms with van der Waals surface area (Å²) in [5.41, 5.74) is 0.663. The molecule has 0 amide bonds. The summed E-state index contributed by atoms with van der Waals surface area (Å²) in [6, 6.07) is 3.64. The van der Waals surface area contributed by atoms with Crippen LogP contribution in [0.5, 0.6) is 0 Å². The van der Waals surface area contributed by atoms with Gasteiger partial charge in [-0.1, -0.05) is 6.92 Å². The van der Waals surface area contributed by atoms with E-state index in [-0.39, 0.29) is 6.04 Å². The first-order valence-corrected chi connectivity index (χ1v) is 6.03. The van der Waals surface area contributed by atoms with Gasteiger partial charge in [0.2, 0.25) is 0 Å². The number of hydrogen-bond donors (Lipinski definition) is 1. The van der Waals surface area contributed by atoms with Gasteiger partial charge in [0.15, 0.2) is 0 Å². The number of rotatable bonds is 5. The number of nitrogens with one attached hydrogen (secondary N) is 1. The van der Waals surface area contributed by atoms with Gasteiger partial charge in [-0.25, -0.2) is 8.78 Å². The van der Waals surface area contributed by atoms with Gasteiger partial charge in [-0.05, 0) is 30.5 Å². The Bertz CT molecular complexity index is 297. The molecule has 1 nitrogen and oxygen atoms in total. The van der Waals surface area contributed by atoms with Crippen molar-refractivity contribution in [1.29, 1.82) is 0 Å². The van der Waals surface area contributed by atoms with Gasteiger partial charge in [-0.15, -0.1) is 0 Å². The lowest BCUT2D eigenvalue weighted by Crippen LogP contribution is -2.19. The van der Waals surface area contributed by atoms with E-state index in [1.807, 2.05) is 0 Å². The van der Waals surface area contributed by atoms with E-state index in [2.05, 4.69) is 12.2 Å². The van der Waals surface area contributed by atoms with E-state index in [1.165, 1.54) is 12.1 Å². The van der Waals surface area contributed by atoms with E-state index < -0.39 is 11.6 Å². The van der Waals surface area contributed by atoms with Crippen molar-refractivity contribution in [2.45, 2.75) is 13.0 Å². The Hall–Kier alpha value is -0.610. The van der Waals surface area contributed by atoms with Gasteiger partial charge >= 0.3 is 0 Å². The third kappa shape index (κ3) is 3.80. The molecule has 0 spiro atoms. The maximum Gasteiger partial charge on any atom is 0.126 e. The molecule has 1 unspecified atom stereocenters. The number of benzene rings is 1. The van der Waals surface area contributed by atoms with Crippen LogP contribution in [0.3, 0.4) is 0 Å². The summed E-state index contributed by atoms with van der Waals surface area (Å²) >= 11 is 1.74. The standard InChI is InChI=1S/C11H15F2NS/c1-3-15-7-11(14-2)8-4-9(12)6-10(13)5-8/h4-6,11,14H,3,7H2,1-2H3. The van der Waals surface area contributed by atoms with E-state index in [4.69, 9.17) is 0 Å². The first kappa shape index (κ1) is 12.5. The third-order valence-electron chi connectivity index (χ3n) is 2.12. The average Bonchev–Trinajstić information content (AvgIpc) is 2.17. The van der Waals surface area contributed by atoms with Crippen molar-refractivity contribution in [3.05, 3.63) is 35.4 Å². The van der Waals surface area contributed by atoms with Crippen molar-refractivity contribution in [2.24, 2.45) is 0 Å². The van der Waals surface area contributed by atoms with Gasteiger partial charge in [0.1, 0.15) is 11.6 Å². The molecule has 1 N–H and O–H groups in total. The summed E-state index contributed by atoms with van der Waals surface area (Å²) < 4.78 is 25.9. The highest BCUT2D eigenvalue weighted by atomic mass is 32.2. The molecule has 1 atom stereocenters. The van der Waals surface area contributed by atoms with Gasteiger partial charge in [-0.3, -0.25) is 0 Å². The second-order valence-corrected chi connectivity index (χ2v) is 4.52. The Kier molecular flexibility index (Phi) is 5.05. The molecule has 0 aliphatic carbocycles. The maximum absolute atomic E-state index is 13.0. The minimum atomic E-state index is -0.522. The van der Waals surface area contributed by atoms with Crippen molar-refractivity contribution in [2.75, 3.05) is 18.6 Å². The lowest BCUT2D eigenvalue weighted by atomic mass is 10.1. The van der Waals surface area contributed by atoms with Gasteiger partial charge in [0.05, 0.1) is 0 Å². The number of hydrogen-bond acceptors (Lipinski definition) is 2. The highest BCUT2D eigenvalue weighted by molar-refractivity contribution is 7.99. The maximum atomic E-state index is 13.0. The monoisotopic (exact) mass is 231 g/mol. The fourth-order valence-electron chi connectivity index (χ4n) is 1.36. The van der Waals surface area contributed by atoms with Crippen LogP contribution in [-0.4, -0.2) is 18.6 Å². The highest BCUT2D eigenvalue weighted by Crippen LogP contribution is 2.20. The molecule has 0 fully saturated rings. The molecule has 0 saturated carbocycles. The van der Waals surface area contributed by atoms with Crippen molar-refractivity contribution in [3.8, 4) is 0 Å². The minimum Gasteiger partial charge on any atom is -0.312 e. The fourth-order valence-corrected chi connectivity index (χ4v) is 2.19. The second kappa shape index (κ2) is 6.08. The van der Waals surface area contributed by atoms with Crippen LogP contribution in [0.15, 0.2) is 18.2 Å². The fraction of sp³-hybridized carbons (Fsp3) is 0.455. The molecular formula is C11H15F2NS. The second-order valence-electron chi connectivity index (χ2n) is 3.20. The van der Waals surface area contributed by atoms with E-state index in [0.29, 0.717) is 5.56 Å². The SMILES string of the molecule is CCSCC(NC)c1cc(F)cc(F)c1. The smallest absolute Gasteiger partial charge is 0.126 e. The summed E-state index contributed by atoms with van der Waals surface area (Å²) in [7, 11) is 1.80. The van der Waals surface area contributed by atoms with Crippen LogP contribution in [0.4, 0.5) is 8.78 Å². The van der Waals surface area contributed by atoms with Gasteiger partial charge in [-0.2, -0.15) is 11.8 Å². The predicted octanol–water partition coefficient (Wildman–Crippen LogP) is 2.98. The van der Waals surface area contributed by atoms with Crippen molar-refractivity contribution >= 4 is 11.8 Å². The molecule has 15 heavy (non-hydrogen) atoms. The van der Waals surface area contributed by atoms with Crippen LogP contribution in [0, 0.1) is 11.6 Å². The summed E-state index contributed by atoms with van der Waals surface area (Å²) in [6.45, 7) is 2.06. The average molecular weight is 231 g/mol. The van der Waals surface area contributed by atoms with Gasteiger partial charge in [0.25, 0.3) is 0 Å². The van der Waals surface area contributed by atoms with Crippen LogP contribution in [0.2, 0.25) is 0 Å². The highest BCUT2D eigenvalue weighted by Gasteiger charge is 2.11. The third-order valence-corrected chi connectivity index (χ3v) is 3.10. The van der Waals surface area contributed by atoms with E-state index in [9.17, 15) is 8.78 Å². The van der Waals surface area contributed by atoms with Crippen LogP contribution in [-0.2, 0) is 0 Å². The van der Waals surface area contributed by atoms with E-state index in [1.54, 1.807) is 18.8 Å². The van der Waals surface area contributed by atoms with Crippen LogP contribution >= 0.6 is 11.8 Å². The number of thioether (sulfide) groups is 1. The lowest BCUT2D eigenvalue weighted by Gasteiger charge is -2.16. The molecule has 4 heteroatoms. The predicted molar refractivity (Wildman–Crippen MR) is 61.2 cm³/mol. The first-order chi connectivity index (χ1) is 7.17. The van der Waals surface area contributed by atoms with Gasteiger partial charge in [0, 0.05) is 17.9 Å². The molecule has 0 bridgehead atoms. The zero-order valence-corrected chi connectivity index (χ0v) is 9.70. The Morgan fingerprint density at radius 2 is 1.87 bits per heavy atom. The van der Waals surface area contributed by atoms with E-state index >= 15 is 0 Å².